The van der Waals surface area contributed by atoms with E-state index in [-0.39, 0.29) is 29.2 Å². The summed E-state index contributed by atoms with van der Waals surface area (Å²) < 4.78 is 33.8. The molecular formula is C37H47ClN4O5S. The van der Waals surface area contributed by atoms with Gasteiger partial charge in [-0.3, -0.25) is 9.52 Å². The predicted octanol–water partition coefficient (Wildman–Crippen LogP) is 6.68. The van der Waals surface area contributed by atoms with Crippen LogP contribution in [0.2, 0.25) is 5.02 Å². The number of benzene rings is 2. The van der Waals surface area contributed by atoms with E-state index in [0.29, 0.717) is 36.3 Å². The maximum Gasteiger partial charge on any atom is 0.327 e. The van der Waals surface area contributed by atoms with Gasteiger partial charge in [0.15, 0.2) is 0 Å². The smallest absolute Gasteiger partial charge is 0.327 e. The van der Waals surface area contributed by atoms with Crippen molar-refractivity contribution < 1.29 is 23.3 Å². The number of aryl methyl sites for hydroxylation is 1. The highest BCUT2D eigenvalue weighted by atomic mass is 35.5. The second kappa shape index (κ2) is 13.3. The van der Waals surface area contributed by atoms with Gasteiger partial charge in [0.05, 0.1) is 24.2 Å². The Morgan fingerprint density at radius 3 is 2.77 bits per heavy atom. The number of hydrogen-bond acceptors (Lipinski definition) is 6. The first-order chi connectivity index (χ1) is 23.0. The Kier molecular flexibility index (Phi) is 9.28. The first-order valence-corrected chi connectivity index (χ1v) is 19.5. The molecule has 2 saturated carbocycles. The SMILES string of the molecule is CO[C@H]1/C=C\C[C@H](C)CS(=O)(NC(=O)N[C@H]2C[C@@H]2C)=NC(=O)c2ccc3c(c2)N(C[C@@H]2CC[C@H]21)C[C@@]1(CCCc2cc(Cl)ccc21)CO3. The van der Waals surface area contributed by atoms with Crippen molar-refractivity contribution in [1.29, 1.82) is 0 Å². The van der Waals surface area contributed by atoms with Crippen molar-refractivity contribution in [1.82, 2.24) is 10.0 Å². The molecule has 7 rings (SSSR count). The van der Waals surface area contributed by atoms with Crippen LogP contribution in [0.25, 0.3) is 0 Å². The van der Waals surface area contributed by atoms with E-state index in [2.05, 4.69) is 43.6 Å². The molecule has 8 atom stereocenters. The van der Waals surface area contributed by atoms with E-state index < -0.39 is 21.9 Å². The van der Waals surface area contributed by atoms with E-state index in [0.717, 1.165) is 68.1 Å². The Morgan fingerprint density at radius 2 is 2.02 bits per heavy atom. The molecule has 0 radical (unpaired) electrons. The average Bonchev–Trinajstić information content (AvgIpc) is 3.75. The van der Waals surface area contributed by atoms with Crippen LogP contribution in [0.3, 0.4) is 0 Å². The summed E-state index contributed by atoms with van der Waals surface area (Å²) in [4.78, 5) is 29.2. The minimum absolute atomic E-state index is 0.0375. The van der Waals surface area contributed by atoms with Crippen molar-refractivity contribution in [2.24, 2.45) is 28.0 Å². The number of urea groups is 1. The van der Waals surface area contributed by atoms with Crippen molar-refractivity contribution in [2.75, 3.05) is 37.5 Å². The van der Waals surface area contributed by atoms with Crippen LogP contribution in [-0.2, 0) is 26.5 Å². The van der Waals surface area contributed by atoms with Crippen LogP contribution >= 0.6 is 11.6 Å². The maximum atomic E-state index is 14.3. The van der Waals surface area contributed by atoms with Gasteiger partial charge in [-0.15, -0.1) is 4.36 Å². The number of fused-ring (bicyclic) bond motifs is 4. The van der Waals surface area contributed by atoms with Crippen LogP contribution < -0.4 is 19.7 Å². The molecule has 0 aromatic heterocycles. The molecule has 3 aliphatic carbocycles. The fraction of sp³-hybridized carbons (Fsp3) is 0.568. The molecule has 9 nitrogen and oxygen atoms in total. The van der Waals surface area contributed by atoms with E-state index >= 15 is 0 Å². The molecule has 2 fully saturated rings. The molecule has 1 unspecified atom stereocenters. The Hall–Kier alpha value is -3.08. The number of carbonyl (C=O) groups is 2. The van der Waals surface area contributed by atoms with E-state index in [1.165, 1.54) is 11.1 Å². The Balaban J connectivity index is 1.28. The number of halogens is 1. The molecule has 2 aromatic carbocycles. The summed E-state index contributed by atoms with van der Waals surface area (Å²) in [5, 5.41) is 3.62. The minimum atomic E-state index is -3.44. The maximum absolute atomic E-state index is 14.3. The number of methoxy groups -OCH3 is 1. The summed E-state index contributed by atoms with van der Waals surface area (Å²) in [7, 11) is -1.66. The first kappa shape index (κ1) is 33.4. The largest absolute Gasteiger partial charge is 0.490 e. The van der Waals surface area contributed by atoms with Crippen molar-refractivity contribution in [3.63, 3.8) is 0 Å². The minimum Gasteiger partial charge on any atom is -0.490 e. The third kappa shape index (κ3) is 6.85. The van der Waals surface area contributed by atoms with Crippen LogP contribution in [0.4, 0.5) is 10.5 Å². The Labute approximate surface area is 289 Å². The fourth-order valence-corrected chi connectivity index (χ4v) is 10.3. The Morgan fingerprint density at radius 1 is 1.19 bits per heavy atom. The summed E-state index contributed by atoms with van der Waals surface area (Å²) in [6.07, 6.45) is 10.9. The fourth-order valence-electron chi connectivity index (χ4n) is 8.23. The highest BCUT2D eigenvalue weighted by Crippen LogP contribution is 2.47. The summed E-state index contributed by atoms with van der Waals surface area (Å²) in [6, 6.07) is 11.1. The molecular weight excluding hydrogens is 648 g/mol. The number of allylic oxidation sites excluding steroid dienone is 1. The standard InChI is InChI=1S/C37H47ClN4O5S/c1-23-6-4-8-33(46-3)29-12-9-27(29)19-42-21-37(15-5-7-25-17-28(38)11-13-30(25)37)22-47-34-14-10-26(18-32(34)42)35(43)40-48(45,20-23)41-36(44)39-31-16-24(31)2/h4,8,10-11,13-14,17-18,23-24,27,29,31,33H,5-7,9,12,15-16,19-22H2,1-3H3,(H2,39,40,41,43,44,45)/b8-4-/t23-,24-,27-,29+,31-,33-,37-,48?/m0/s1. The molecule has 2 N–H and O–H groups in total. The summed E-state index contributed by atoms with van der Waals surface area (Å²) in [6.45, 7) is 6.06. The summed E-state index contributed by atoms with van der Waals surface area (Å²) in [5.41, 5.74) is 3.47. The molecule has 2 aliphatic heterocycles. The van der Waals surface area contributed by atoms with Crippen LogP contribution in [0.1, 0.15) is 73.9 Å². The second-order valence-electron chi connectivity index (χ2n) is 14.9. The normalized spacial score (nSPS) is 35.1. The number of nitrogens with one attached hydrogen (secondary N) is 2. The molecule has 3 amide bonds. The van der Waals surface area contributed by atoms with Gasteiger partial charge in [-0.1, -0.05) is 43.7 Å². The molecule has 0 saturated heterocycles. The first-order valence-electron chi connectivity index (χ1n) is 17.4. The summed E-state index contributed by atoms with van der Waals surface area (Å²) >= 11 is 6.44. The van der Waals surface area contributed by atoms with E-state index in [9.17, 15) is 13.8 Å². The lowest BCUT2D eigenvalue weighted by Crippen LogP contribution is -2.49. The molecule has 2 aromatic rings. The quantitative estimate of drug-likeness (QED) is 0.347. The van der Waals surface area contributed by atoms with E-state index in [4.69, 9.17) is 21.1 Å². The van der Waals surface area contributed by atoms with Crippen LogP contribution in [0.5, 0.6) is 5.75 Å². The van der Waals surface area contributed by atoms with Crippen LogP contribution in [-0.4, -0.2) is 60.9 Å². The molecule has 2 bridgehead atoms. The monoisotopic (exact) mass is 694 g/mol. The van der Waals surface area contributed by atoms with Gasteiger partial charge in [-0.25, -0.2) is 9.00 Å². The zero-order valence-electron chi connectivity index (χ0n) is 28.1. The Bertz CT molecular complexity index is 1740. The van der Waals surface area contributed by atoms with Crippen LogP contribution in [0.15, 0.2) is 52.9 Å². The number of rotatable bonds is 3. The van der Waals surface area contributed by atoms with Gasteiger partial charge in [0.2, 0.25) is 0 Å². The molecule has 5 aliphatic rings. The van der Waals surface area contributed by atoms with Gasteiger partial charge < -0.3 is 19.7 Å². The van der Waals surface area contributed by atoms with Crippen molar-refractivity contribution >= 4 is 39.1 Å². The van der Waals surface area contributed by atoms with Gasteiger partial charge in [0.25, 0.3) is 5.91 Å². The number of ether oxygens (including phenoxy) is 2. The lowest BCUT2D eigenvalue weighted by Gasteiger charge is -2.46. The van der Waals surface area contributed by atoms with Crippen molar-refractivity contribution in [3.8, 4) is 5.75 Å². The van der Waals surface area contributed by atoms with Crippen LogP contribution in [0, 0.1) is 23.7 Å². The number of anilines is 1. The number of nitrogens with zero attached hydrogens (tertiary/aromatic N) is 2. The van der Waals surface area contributed by atoms with Crippen molar-refractivity contribution in [2.45, 2.75) is 76.4 Å². The number of amides is 3. The van der Waals surface area contributed by atoms with Crippen molar-refractivity contribution in [3.05, 3.63) is 70.3 Å². The summed E-state index contributed by atoms with van der Waals surface area (Å²) in [5.74, 6) is 1.18. The second-order valence-corrected chi connectivity index (χ2v) is 17.3. The predicted molar refractivity (Wildman–Crippen MR) is 189 cm³/mol. The third-order valence-electron chi connectivity index (χ3n) is 11.2. The highest BCUT2D eigenvalue weighted by Gasteiger charge is 2.44. The lowest BCUT2D eigenvalue weighted by molar-refractivity contribution is 0.0131. The molecule has 2 heterocycles. The molecule has 11 heteroatoms. The number of carbonyl (C=O) groups excluding carboxylic acids is 2. The van der Waals surface area contributed by atoms with Gasteiger partial charge >= 0.3 is 6.03 Å². The zero-order chi connectivity index (χ0) is 33.6. The molecule has 1 spiro atoms. The highest BCUT2D eigenvalue weighted by molar-refractivity contribution is 7.92. The molecule has 258 valence electrons. The third-order valence-corrected chi connectivity index (χ3v) is 13.4. The average molecular weight is 695 g/mol. The zero-order valence-corrected chi connectivity index (χ0v) is 29.7. The lowest BCUT2D eigenvalue weighted by atomic mass is 9.68. The molecule has 48 heavy (non-hydrogen) atoms. The van der Waals surface area contributed by atoms with Gasteiger partial charge in [0.1, 0.15) is 15.7 Å². The topological polar surface area (TPSA) is 109 Å². The number of hydrogen-bond donors (Lipinski definition) is 2. The van der Waals surface area contributed by atoms with Gasteiger partial charge in [-0.2, -0.15) is 0 Å². The van der Waals surface area contributed by atoms with E-state index in [1.54, 1.807) is 13.2 Å². The van der Waals surface area contributed by atoms with Gasteiger partial charge in [-0.05, 0) is 110 Å². The van der Waals surface area contributed by atoms with E-state index in [1.807, 2.05) is 32.0 Å². The van der Waals surface area contributed by atoms with Gasteiger partial charge in [0, 0.05) is 42.2 Å².